The monoisotopic (exact) mass is 277 g/mol. The van der Waals surface area contributed by atoms with Crippen LogP contribution in [0, 0.1) is 5.92 Å². The van der Waals surface area contributed by atoms with E-state index in [1.54, 1.807) is 0 Å². The number of carbonyl (C=O) groups excluding carboxylic acids is 1. The molecule has 1 aromatic heterocycles. The van der Waals surface area contributed by atoms with Crippen LogP contribution in [0.15, 0.2) is 12.4 Å². The lowest BCUT2D eigenvalue weighted by Crippen LogP contribution is -2.54. The summed E-state index contributed by atoms with van der Waals surface area (Å²) in [6.45, 7) is -0.125. The Morgan fingerprint density at radius 3 is 2.63 bits per heavy atom. The molecule has 106 valence electrons. The van der Waals surface area contributed by atoms with Gasteiger partial charge in [-0.05, 0) is 18.8 Å². The molecule has 1 aliphatic rings. The van der Waals surface area contributed by atoms with Crippen molar-refractivity contribution in [2.45, 2.75) is 31.1 Å². The third kappa shape index (κ3) is 2.73. The van der Waals surface area contributed by atoms with Gasteiger partial charge in [0.15, 0.2) is 0 Å². The number of hydrogen-bond acceptors (Lipinski definition) is 4. The van der Waals surface area contributed by atoms with Crippen LogP contribution >= 0.6 is 0 Å². The number of nitrogens with two attached hydrogens (primary N) is 1. The minimum Gasteiger partial charge on any atom is -0.468 e. The van der Waals surface area contributed by atoms with E-state index in [4.69, 9.17) is 5.73 Å². The Labute approximate surface area is 107 Å². The number of alkyl halides is 3. The van der Waals surface area contributed by atoms with Crippen molar-refractivity contribution in [3.63, 3.8) is 0 Å². The normalized spacial score (nSPS) is 19.0. The van der Waals surface area contributed by atoms with Gasteiger partial charge in [0.25, 0.3) is 0 Å². The fraction of sp³-hybridized carbons (Fsp3) is 0.636. The molecule has 0 bridgehead atoms. The first kappa shape index (κ1) is 13.9. The van der Waals surface area contributed by atoms with Crippen LogP contribution < -0.4 is 5.73 Å². The zero-order chi connectivity index (χ0) is 14.3. The lowest BCUT2D eigenvalue weighted by Gasteiger charge is -2.26. The molecule has 1 fully saturated rings. The van der Waals surface area contributed by atoms with Crippen molar-refractivity contribution in [2.24, 2.45) is 11.7 Å². The number of methoxy groups -OCH3 is 1. The first-order valence-electron chi connectivity index (χ1n) is 5.74. The van der Waals surface area contributed by atoms with Gasteiger partial charge in [-0.2, -0.15) is 18.3 Å². The molecule has 1 atom stereocenters. The van der Waals surface area contributed by atoms with E-state index in [0.29, 0.717) is 6.20 Å². The van der Waals surface area contributed by atoms with Gasteiger partial charge in [-0.3, -0.25) is 4.68 Å². The van der Waals surface area contributed by atoms with Crippen molar-refractivity contribution in [3.05, 3.63) is 18.0 Å². The van der Waals surface area contributed by atoms with Crippen LogP contribution in [0.2, 0.25) is 0 Å². The van der Waals surface area contributed by atoms with Crippen LogP contribution in [0.3, 0.4) is 0 Å². The third-order valence-corrected chi connectivity index (χ3v) is 3.26. The topological polar surface area (TPSA) is 70.1 Å². The molecule has 0 aromatic carbocycles. The third-order valence-electron chi connectivity index (χ3n) is 3.26. The second-order valence-electron chi connectivity index (χ2n) is 4.73. The second-order valence-corrected chi connectivity index (χ2v) is 4.73. The minimum atomic E-state index is -4.46. The number of aromatic nitrogens is 2. The highest BCUT2D eigenvalue weighted by molar-refractivity contribution is 5.81. The summed E-state index contributed by atoms with van der Waals surface area (Å²) in [5.74, 6) is -0.697. The quantitative estimate of drug-likeness (QED) is 0.839. The predicted molar refractivity (Wildman–Crippen MR) is 58.9 cm³/mol. The molecule has 1 saturated carbocycles. The van der Waals surface area contributed by atoms with E-state index in [1.807, 2.05) is 0 Å². The molecule has 8 heteroatoms. The molecule has 1 aromatic rings. The largest absolute Gasteiger partial charge is 0.468 e. The molecule has 0 saturated heterocycles. The maximum Gasteiger partial charge on any atom is 0.419 e. The molecule has 5 nitrogen and oxygen atoms in total. The van der Waals surface area contributed by atoms with E-state index >= 15 is 0 Å². The first-order chi connectivity index (χ1) is 8.77. The molecule has 1 heterocycles. The highest BCUT2D eigenvalue weighted by atomic mass is 19.4. The van der Waals surface area contributed by atoms with Crippen LogP contribution in [-0.4, -0.2) is 28.4 Å². The number of nitrogens with zero attached hydrogens (tertiary/aromatic N) is 2. The molecule has 19 heavy (non-hydrogen) atoms. The SMILES string of the molecule is COC(=O)C(N)(Cn1cc(C(F)(F)F)cn1)C1CC1. The van der Waals surface area contributed by atoms with Gasteiger partial charge >= 0.3 is 12.1 Å². The van der Waals surface area contributed by atoms with E-state index in [9.17, 15) is 18.0 Å². The number of rotatable bonds is 4. The van der Waals surface area contributed by atoms with E-state index in [1.165, 1.54) is 7.11 Å². The number of carbonyl (C=O) groups is 1. The van der Waals surface area contributed by atoms with E-state index in [-0.39, 0.29) is 12.5 Å². The Bertz CT molecular complexity index is 482. The summed E-state index contributed by atoms with van der Waals surface area (Å²) in [5.41, 5.74) is 3.81. The van der Waals surface area contributed by atoms with Crippen molar-refractivity contribution in [1.82, 2.24) is 9.78 Å². The Morgan fingerprint density at radius 1 is 1.58 bits per heavy atom. The Morgan fingerprint density at radius 2 is 2.21 bits per heavy atom. The lowest BCUT2D eigenvalue weighted by atomic mass is 9.94. The second kappa shape index (κ2) is 4.52. The van der Waals surface area contributed by atoms with Gasteiger partial charge in [0, 0.05) is 6.20 Å². The van der Waals surface area contributed by atoms with Crippen molar-refractivity contribution < 1.29 is 22.7 Å². The summed E-state index contributed by atoms with van der Waals surface area (Å²) in [6, 6.07) is 0. The maximum absolute atomic E-state index is 12.5. The van der Waals surface area contributed by atoms with E-state index in [0.717, 1.165) is 23.7 Å². The maximum atomic E-state index is 12.5. The summed E-state index contributed by atoms with van der Waals surface area (Å²) in [6.07, 6.45) is -1.38. The van der Waals surface area contributed by atoms with Crippen LogP contribution in [0.25, 0.3) is 0 Å². The van der Waals surface area contributed by atoms with Gasteiger partial charge in [0.2, 0.25) is 0 Å². The van der Waals surface area contributed by atoms with E-state index < -0.39 is 23.2 Å². The van der Waals surface area contributed by atoms with Gasteiger partial charge in [0.05, 0.1) is 25.4 Å². The van der Waals surface area contributed by atoms with Gasteiger partial charge in [-0.15, -0.1) is 0 Å². The molecule has 2 N–H and O–H groups in total. The standard InChI is InChI=1S/C11H14F3N3O2/c1-19-9(18)10(15,7-2-3-7)6-17-5-8(4-16-17)11(12,13)14/h4-5,7H,2-3,6,15H2,1H3. The van der Waals surface area contributed by atoms with Crippen molar-refractivity contribution in [3.8, 4) is 0 Å². The highest BCUT2D eigenvalue weighted by Crippen LogP contribution is 2.40. The zero-order valence-corrected chi connectivity index (χ0v) is 10.3. The fourth-order valence-electron chi connectivity index (χ4n) is 2.01. The summed E-state index contributed by atoms with van der Waals surface area (Å²) in [7, 11) is 1.20. The average Bonchev–Trinajstić information content (AvgIpc) is 3.08. The fourth-order valence-corrected chi connectivity index (χ4v) is 2.01. The summed E-state index contributed by atoms with van der Waals surface area (Å²) < 4.78 is 43.0. The summed E-state index contributed by atoms with van der Waals surface area (Å²) >= 11 is 0. The number of hydrogen-bond donors (Lipinski definition) is 1. The number of halogens is 3. The lowest BCUT2D eigenvalue weighted by molar-refractivity contribution is -0.148. The number of ether oxygens (including phenoxy) is 1. The van der Waals surface area contributed by atoms with Gasteiger partial charge in [-0.1, -0.05) is 0 Å². The van der Waals surface area contributed by atoms with Gasteiger partial charge in [-0.25, -0.2) is 4.79 Å². The van der Waals surface area contributed by atoms with Crippen molar-refractivity contribution >= 4 is 5.97 Å². The van der Waals surface area contributed by atoms with Gasteiger partial charge in [0.1, 0.15) is 5.54 Å². The zero-order valence-electron chi connectivity index (χ0n) is 10.3. The van der Waals surface area contributed by atoms with Crippen LogP contribution in [0.5, 0.6) is 0 Å². The molecule has 0 radical (unpaired) electrons. The van der Waals surface area contributed by atoms with E-state index in [2.05, 4.69) is 9.84 Å². The number of esters is 1. The van der Waals surface area contributed by atoms with Gasteiger partial charge < -0.3 is 10.5 Å². The Hall–Kier alpha value is -1.57. The molecule has 0 amide bonds. The molecule has 1 aliphatic carbocycles. The highest BCUT2D eigenvalue weighted by Gasteiger charge is 2.49. The molecular formula is C11H14F3N3O2. The Balaban J connectivity index is 2.18. The van der Waals surface area contributed by atoms with Crippen LogP contribution in [0.4, 0.5) is 13.2 Å². The van der Waals surface area contributed by atoms with Crippen LogP contribution in [0.1, 0.15) is 18.4 Å². The molecule has 0 spiro atoms. The average molecular weight is 277 g/mol. The predicted octanol–water partition coefficient (Wildman–Crippen LogP) is 1.18. The van der Waals surface area contributed by atoms with Crippen LogP contribution in [-0.2, 0) is 22.3 Å². The summed E-state index contributed by atoms with van der Waals surface area (Å²) in [4.78, 5) is 11.7. The van der Waals surface area contributed by atoms with Crippen molar-refractivity contribution in [1.29, 1.82) is 0 Å². The summed E-state index contributed by atoms with van der Waals surface area (Å²) in [5, 5.41) is 3.60. The molecule has 1 unspecified atom stereocenters. The molecule has 0 aliphatic heterocycles. The first-order valence-corrected chi connectivity index (χ1v) is 5.74. The Kier molecular flexibility index (Phi) is 3.29. The smallest absolute Gasteiger partial charge is 0.419 e. The molecule has 2 rings (SSSR count). The van der Waals surface area contributed by atoms with Crippen molar-refractivity contribution in [2.75, 3.05) is 7.11 Å². The molecular weight excluding hydrogens is 263 g/mol. The minimum absolute atomic E-state index is 0.0708.